The number of nitrogens with zero attached hydrogens (tertiary/aromatic N) is 3. The minimum absolute atomic E-state index is 0.168. The Labute approximate surface area is 162 Å². The molecule has 0 fully saturated rings. The van der Waals surface area contributed by atoms with E-state index in [0.29, 0.717) is 28.4 Å². The predicted molar refractivity (Wildman–Crippen MR) is 97.9 cm³/mol. The largest absolute Gasteiger partial charge is 0.463 e. The van der Waals surface area contributed by atoms with Crippen LogP contribution in [0.15, 0.2) is 59.2 Å². The number of furan rings is 1. The number of aromatic amines is 1. The number of H-pyrrole nitrogens is 1. The van der Waals surface area contributed by atoms with Gasteiger partial charge in [0, 0.05) is 18.8 Å². The Kier molecular flexibility index (Phi) is 4.45. The standard InChI is InChI=1S/C19H14F3N5O2/c1-27-15(10-17(26-27)19(20,21)22)11-4-6-12(7-5-11)23-18(28)14-9-13(24-25-14)16-3-2-8-29-16/h2-10H,1H3,(H,23,28)(H,24,25). The van der Waals surface area contributed by atoms with Crippen molar-refractivity contribution in [3.8, 4) is 22.7 Å². The van der Waals surface area contributed by atoms with Crippen LogP contribution in [-0.4, -0.2) is 25.9 Å². The van der Waals surface area contributed by atoms with E-state index in [4.69, 9.17) is 4.42 Å². The molecule has 0 saturated carbocycles. The molecule has 4 aromatic rings. The lowest BCUT2D eigenvalue weighted by Crippen LogP contribution is -2.12. The number of rotatable bonds is 4. The van der Waals surface area contributed by atoms with Crippen molar-refractivity contribution < 1.29 is 22.4 Å². The van der Waals surface area contributed by atoms with Crippen LogP contribution in [-0.2, 0) is 13.2 Å². The first-order valence-electron chi connectivity index (χ1n) is 8.43. The second-order valence-electron chi connectivity index (χ2n) is 6.21. The predicted octanol–water partition coefficient (Wildman–Crippen LogP) is 4.34. The van der Waals surface area contributed by atoms with E-state index in [1.54, 1.807) is 42.5 Å². The van der Waals surface area contributed by atoms with Gasteiger partial charge in [0.15, 0.2) is 17.1 Å². The lowest BCUT2D eigenvalue weighted by Gasteiger charge is -2.05. The number of carbonyl (C=O) groups excluding carboxylic acids is 1. The van der Waals surface area contributed by atoms with Gasteiger partial charge in [-0.05, 0) is 35.9 Å². The third-order valence-electron chi connectivity index (χ3n) is 4.21. The molecule has 0 aliphatic heterocycles. The maximum absolute atomic E-state index is 12.8. The van der Waals surface area contributed by atoms with Gasteiger partial charge in [-0.25, -0.2) is 0 Å². The van der Waals surface area contributed by atoms with E-state index < -0.39 is 17.8 Å². The van der Waals surface area contributed by atoms with Crippen LogP contribution in [0.2, 0.25) is 0 Å². The van der Waals surface area contributed by atoms with Crippen molar-refractivity contribution in [3.05, 3.63) is 66.2 Å². The van der Waals surface area contributed by atoms with E-state index in [1.165, 1.54) is 13.3 Å². The molecule has 0 bridgehead atoms. The van der Waals surface area contributed by atoms with Gasteiger partial charge in [-0.15, -0.1) is 0 Å². The Morgan fingerprint density at radius 2 is 1.93 bits per heavy atom. The summed E-state index contributed by atoms with van der Waals surface area (Å²) in [5.74, 6) is 0.113. The normalized spacial score (nSPS) is 11.6. The van der Waals surface area contributed by atoms with Gasteiger partial charge in [0.1, 0.15) is 5.69 Å². The van der Waals surface area contributed by atoms with E-state index in [2.05, 4.69) is 20.6 Å². The highest BCUT2D eigenvalue weighted by Gasteiger charge is 2.34. The highest BCUT2D eigenvalue weighted by Crippen LogP contribution is 2.31. The van der Waals surface area contributed by atoms with Gasteiger partial charge in [-0.1, -0.05) is 12.1 Å². The van der Waals surface area contributed by atoms with Gasteiger partial charge in [0.2, 0.25) is 0 Å². The molecule has 4 rings (SSSR count). The van der Waals surface area contributed by atoms with Crippen LogP contribution in [0.1, 0.15) is 16.2 Å². The van der Waals surface area contributed by atoms with Gasteiger partial charge >= 0.3 is 6.18 Å². The van der Waals surface area contributed by atoms with Crippen LogP contribution in [0, 0.1) is 0 Å². The van der Waals surface area contributed by atoms with Crippen molar-refractivity contribution in [1.82, 2.24) is 20.0 Å². The minimum atomic E-state index is -4.51. The van der Waals surface area contributed by atoms with E-state index in [1.807, 2.05) is 0 Å². The van der Waals surface area contributed by atoms with Crippen LogP contribution >= 0.6 is 0 Å². The number of halogens is 3. The fourth-order valence-corrected chi connectivity index (χ4v) is 2.79. The van der Waals surface area contributed by atoms with Gasteiger partial charge in [0.25, 0.3) is 5.91 Å². The number of alkyl halides is 3. The summed E-state index contributed by atoms with van der Waals surface area (Å²) in [6, 6.07) is 12.4. The molecule has 1 aromatic carbocycles. The number of amides is 1. The monoisotopic (exact) mass is 401 g/mol. The lowest BCUT2D eigenvalue weighted by molar-refractivity contribution is -0.141. The van der Waals surface area contributed by atoms with Crippen LogP contribution < -0.4 is 5.32 Å². The van der Waals surface area contributed by atoms with E-state index in [9.17, 15) is 18.0 Å². The summed E-state index contributed by atoms with van der Waals surface area (Å²) >= 11 is 0. The molecule has 7 nitrogen and oxygen atoms in total. The third kappa shape index (κ3) is 3.77. The maximum atomic E-state index is 12.8. The number of aryl methyl sites for hydroxylation is 1. The zero-order valence-electron chi connectivity index (χ0n) is 15.0. The molecular formula is C19H14F3N5O2. The molecule has 0 saturated heterocycles. The molecule has 29 heavy (non-hydrogen) atoms. The quantitative estimate of drug-likeness (QED) is 0.532. The Bertz CT molecular complexity index is 1140. The molecule has 3 heterocycles. The van der Waals surface area contributed by atoms with Crippen molar-refractivity contribution >= 4 is 11.6 Å². The van der Waals surface area contributed by atoms with Crippen LogP contribution in [0.5, 0.6) is 0 Å². The lowest BCUT2D eigenvalue weighted by atomic mass is 10.1. The van der Waals surface area contributed by atoms with Gasteiger partial charge in [-0.3, -0.25) is 14.6 Å². The molecule has 3 aromatic heterocycles. The fraction of sp³-hybridized carbons (Fsp3) is 0.105. The zero-order valence-corrected chi connectivity index (χ0v) is 15.0. The maximum Gasteiger partial charge on any atom is 0.435 e. The molecule has 10 heteroatoms. The first-order valence-corrected chi connectivity index (χ1v) is 8.43. The average molecular weight is 401 g/mol. The molecule has 0 spiro atoms. The van der Waals surface area contributed by atoms with Crippen molar-refractivity contribution in [2.75, 3.05) is 5.32 Å². The van der Waals surface area contributed by atoms with Gasteiger partial charge in [0.05, 0.1) is 12.0 Å². The average Bonchev–Trinajstić information content (AvgIpc) is 3.42. The fourth-order valence-electron chi connectivity index (χ4n) is 2.79. The van der Waals surface area contributed by atoms with E-state index >= 15 is 0 Å². The first kappa shape index (κ1) is 18.5. The second-order valence-corrected chi connectivity index (χ2v) is 6.21. The van der Waals surface area contributed by atoms with Crippen molar-refractivity contribution in [1.29, 1.82) is 0 Å². The first-order chi connectivity index (χ1) is 13.8. The van der Waals surface area contributed by atoms with Crippen molar-refractivity contribution in [2.24, 2.45) is 7.05 Å². The molecule has 2 N–H and O–H groups in total. The number of nitrogens with one attached hydrogen (secondary N) is 2. The Hall–Kier alpha value is -3.82. The number of hydrogen-bond donors (Lipinski definition) is 2. The van der Waals surface area contributed by atoms with Gasteiger partial charge in [-0.2, -0.15) is 23.4 Å². The molecule has 0 unspecified atom stereocenters. The number of anilines is 1. The summed E-state index contributed by atoms with van der Waals surface area (Å²) in [6.07, 6.45) is -3.00. The Balaban J connectivity index is 1.49. The molecule has 0 aliphatic carbocycles. The minimum Gasteiger partial charge on any atom is -0.463 e. The van der Waals surface area contributed by atoms with Crippen molar-refractivity contribution in [3.63, 3.8) is 0 Å². The number of hydrogen-bond acceptors (Lipinski definition) is 4. The summed E-state index contributed by atoms with van der Waals surface area (Å²) in [6.45, 7) is 0. The van der Waals surface area contributed by atoms with Crippen molar-refractivity contribution in [2.45, 2.75) is 6.18 Å². The van der Waals surface area contributed by atoms with E-state index in [-0.39, 0.29) is 5.69 Å². The SMILES string of the molecule is Cn1nc(C(F)(F)F)cc1-c1ccc(NC(=O)c2cc(-c3ccco3)[nH]n2)cc1. The van der Waals surface area contributed by atoms with Crippen LogP contribution in [0.3, 0.4) is 0 Å². The van der Waals surface area contributed by atoms with E-state index in [0.717, 1.165) is 10.7 Å². The molecule has 1 amide bonds. The van der Waals surface area contributed by atoms with Gasteiger partial charge < -0.3 is 9.73 Å². The smallest absolute Gasteiger partial charge is 0.435 e. The summed E-state index contributed by atoms with van der Waals surface area (Å²) in [4.78, 5) is 12.4. The molecule has 148 valence electrons. The summed E-state index contributed by atoms with van der Waals surface area (Å²) in [7, 11) is 1.44. The number of aromatic nitrogens is 4. The highest BCUT2D eigenvalue weighted by atomic mass is 19.4. The number of carbonyl (C=O) groups is 1. The molecule has 0 aliphatic rings. The number of benzene rings is 1. The highest BCUT2D eigenvalue weighted by molar-refractivity contribution is 6.03. The summed E-state index contributed by atoms with van der Waals surface area (Å²) < 4.78 is 44.9. The summed E-state index contributed by atoms with van der Waals surface area (Å²) in [5, 5.41) is 12.9. The molecular weight excluding hydrogens is 387 g/mol. The third-order valence-corrected chi connectivity index (χ3v) is 4.21. The summed E-state index contributed by atoms with van der Waals surface area (Å²) in [5.41, 5.74) is 1.09. The Morgan fingerprint density at radius 1 is 1.17 bits per heavy atom. The zero-order chi connectivity index (χ0) is 20.6. The van der Waals surface area contributed by atoms with Crippen LogP contribution in [0.4, 0.5) is 18.9 Å². The Morgan fingerprint density at radius 3 is 2.55 bits per heavy atom. The topological polar surface area (TPSA) is 88.7 Å². The van der Waals surface area contributed by atoms with Crippen LogP contribution in [0.25, 0.3) is 22.7 Å². The molecule has 0 radical (unpaired) electrons. The second kappa shape index (κ2) is 6.97. The molecule has 0 atom stereocenters.